The first-order chi connectivity index (χ1) is 16.4. The van der Waals surface area contributed by atoms with Crippen molar-refractivity contribution in [3.63, 3.8) is 0 Å². The van der Waals surface area contributed by atoms with Gasteiger partial charge in [-0.05, 0) is 62.6 Å². The van der Waals surface area contributed by atoms with E-state index in [1.807, 2.05) is 32.0 Å². The summed E-state index contributed by atoms with van der Waals surface area (Å²) < 4.78 is 11.1. The largest absolute Gasteiger partial charge is 0.484 e. The fraction of sp³-hybridized carbons (Fsp3) is 0.423. The first-order valence-electron chi connectivity index (χ1n) is 11.7. The van der Waals surface area contributed by atoms with Gasteiger partial charge in [0.15, 0.2) is 6.61 Å². The van der Waals surface area contributed by atoms with Crippen LogP contribution in [0.5, 0.6) is 5.75 Å². The number of carbonyl (C=O) groups excluding carboxylic acids is 3. The molecule has 3 amide bonds. The molecule has 4 rings (SSSR count). The van der Waals surface area contributed by atoms with E-state index in [1.165, 1.54) is 0 Å². The summed E-state index contributed by atoms with van der Waals surface area (Å²) in [5.74, 6) is -0.293. The van der Waals surface area contributed by atoms with E-state index in [-0.39, 0.29) is 42.8 Å². The molecule has 0 saturated carbocycles. The molecule has 2 saturated heterocycles. The predicted molar refractivity (Wildman–Crippen MR) is 129 cm³/mol. The van der Waals surface area contributed by atoms with Crippen molar-refractivity contribution in [3.05, 3.63) is 53.6 Å². The highest BCUT2D eigenvalue weighted by Crippen LogP contribution is 2.27. The molecule has 2 aliphatic heterocycles. The summed E-state index contributed by atoms with van der Waals surface area (Å²) in [7, 11) is 0. The molecule has 0 aliphatic carbocycles. The fourth-order valence-corrected chi connectivity index (χ4v) is 4.31. The Kier molecular flexibility index (Phi) is 7.47. The molecule has 2 fully saturated rings. The van der Waals surface area contributed by atoms with Crippen LogP contribution in [0.3, 0.4) is 0 Å². The highest BCUT2D eigenvalue weighted by molar-refractivity contribution is 6.00. The molecule has 0 unspecified atom stereocenters. The van der Waals surface area contributed by atoms with Crippen LogP contribution in [0.2, 0.25) is 0 Å². The van der Waals surface area contributed by atoms with Gasteiger partial charge in [0.2, 0.25) is 11.8 Å². The Morgan fingerprint density at radius 2 is 1.94 bits per heavy atom. The van der Waals surface area contributed by atoms with Crippen LogP contribution in [0.4, 0.5) is 11.4 Å². The molecule has 8 nitrogen and oxygen atoms in total. The highest BCUT2D eigenvalue weighted by atomic mass is 16.5. The summed E-state index contributed by atoms with van der Waals surface area (Å²) in [5, 5.41) is 5.77. The minimum atomic E-state index is -0.376. The number of rotatable bonds is 8. The van der Waals surface area contributed by atoms with E-state index < -0.39 is 0 Å². The van der Waals surface area contributed by atoms with Gasteiger partial charge in [-0.2, -0.15) is 0 Å². The summed E-state index contributed by atoms with van der Waals surface area (Å²) in [4.78, 5) is 38.9. The normalized spacial score (nSPS) is 19.8. The van der Waals surface area contributed by atoms with Crippen molar-refractivity contribution in [1.82, 2.24) is 5.32 Å². The SMILES string of the molecule is Cc1ccc(NC(=O)COc2ccc(N3C[C@H](C(=O)NC[C@H]4CCCO4)CC3=O)cc2)c(C)c1. The van der Waals surface area contributed by atoms with Gasteiger partial charge in [-0.25, -0.2) is 0 Å². The molecule has 2 atom stereocenters. The molecule has 2 aliphatic rings. The minimum absolute atomic E-state index is 0.0766. The lowest BCUT2D eigenvalue weighted by Gasteiger charge is -2.18. The second-order valence-corrected chi connectivity index (χ2v) is 8.93. The molecule has 34 heavy (non-hydrogen) atoms. The Morgan fingerprint density at radius 3 is 2.65 bits per heavy atom. The second kappa shape index (κ2) is 10.7. The van der Waals surface area contributed by atoms with E-state index in [9.17, 15) is 14.4 Å². The third-order valence-electron chi connectivity index (χ3n) is 6.20. The summed E-state index contributed by atoms with van der Waals surface area (Å²) in [6, 6.07) is 12.8. The quantitative estimate of drug-likeness (QED) is 0.625. The number of aryl methyl sites for hydroxylation is 2. The number of nitrogens with one attached hydrogen (secondary N) is 2. The lowest BCUT2D eigenvalue weighted by Crippen LogP contribution is -2.37. The fourth-order valence-electron chi connectivity index (χ4n) is 4.31. The average molecular weight is 466 g/mol. The van der Waals surface area contributed by atoms with Gasteiger partial charge in [0.05, 0.1) is 12.0 Å². The molecule has 2 aromatic carbocycles. The van der Waals surface area contributed by atoms with Gasteiger partial charge in [-0.15, -0.1) is 0 Å². The number of carbonyl (C=O) groups is 3. The molecular formula is C26H31N3O5. The van der Waals surface area contributed by atoms with Gasteiger partial charge in [0.1, 0.15) is 5.75 Å². The molecule has 0 bridgehead atoms. The molecule has 2 aromatic rings. The number of amides is 3. The first-order valence-corrected chi connectivity index (χ1v) is 11.7. The number of benzene rings is 2. The zero-order valence-electron chi connectivity index (χ0n) is 19.6. The van der Waals surface area contributed by atoms with Crippen LogP contribution < -0.4 is 20.3 Å². The van der Waals surface area contributed by atoms with Gasteiger partial charge in [0, 0.05) is 37.5 Å². The lowest BCUT2D eigenvalue weighted by atomic mass is 10.1. The Morgan fingerprint density at radius 1 is 1.15 bits per heavy atom. The number of hydrogen-bond acceptors (Lipinski definition) is 5. The Bertz CT molecular complexity index is 1050. The van der Waals surface area contributed by atoms with Crippen molar-refractivity contribution in [3.8, 4) is 5.75 Å². The minimum Gasteiger partial charge on any atom is -0.484 e. The molecule has 0 aromatic heterocycles. The van der Waals surface area contributed by atoms with E-state index in [0.717, 1.165) is 36.3 Å². The number of anilines is 2. The topological polar surface area (TPSA) is 97.0 Å². The van der Waals surface area contributed by atoms with Crippen LogP contribution in [0.1, 0.15) is 30.4 Å². The van der Waals surface area contributed by atoms with Gasteiger partial charge >= 0.3 is 0 Å². The monoisotopic (exact) mass is 465 g/mol. The number of hydrogen-bond donors (Lipinski definition) is 2. The summed E-state index contributed by atoms with van der Waals surface area (Å²) in [5.41, 5.74) is 3.59. The van der Waals surface area contributed by atoms with Crippen molar-refractivity contribution in [1.29, 1.82) is 0 Å². The third kappa shape index (κ3) is 5.94. The predicted octanol–water partition coefficient (Wildman–Crippen LogP) is 2.97. The lowest BCUT2D eigenvalue weighted by molar-refractivity contribution is -0.126. The molecule has 2 heterocycles. The maximum Gasteiger partial charge on any atom is 0.262 e. The molecule has 180 valence electrons. The molecule has 2 N–H and O–H groups in total. The van der Waals surface area contributed by atoms with E-state index >= 15 is 0 Å². The summed E-state index contributed by atoms with van der Waals surface area (Å²) in [6.07, 6.45) is 2.24. The van der Waals surface area contributed by atoms with E-state index in [2.05, 4.69) is 10.6 Å². The third-order valence-corrected chi connectivity index (χ3v) is 6.20. The van der Waals surface area contributed by atoms with E-state index in [0.29, 0.717) is 24.5 Å². The van der Waals surface area contributed by atoms with Gasteiger partial charge in [-0.3, -0.25) is 14.4 Å². The molecule has 0 radical (unpaired) electrons. The van der Waals surface area contributed by atoms with Crippen LogP contribution in [-0.4, -0.2) is 50.1 Å². The smallest absolute Gasteiger partial charge is 0.262 e. The maximum atomic E-state index is 12.5. The van der Waals surface area contributed by atoms with Gasteiger partial charge in [0.25, 0.3) is 5.91 Å². The van der Waals surface area contributed by atoms with Crippen molar-refractivity contribution in [2.24, 2.45) is 5.92 Å². The van der Waals surface area contributed by atoms with Crippen molar-refractivity contribution in [2.45, 2.75) is 39.2 Å². The molecule has 0 spiro atoms. The van der Waals surface area contributed by atoms with Gasteiger partial charge in [-0.1, -0.05) is 17.7 Å². The van der Waals surface area contributed by atoms with Crippen LogP contribution in [0.15, 0.2) is 42.5 Å². The van der Waals surface area contributed by atoms with Crippen molar-refractivity contribution in [2.75, 3.05) is 36.5 Å². The van der Waals surface area contributed by atoms with Crippen LogP contribution in [0, 0.1) is 19.8 Å². The van der Waals surface area contributed by atoms with Crippen molar-refractivity contribution >= 4 is 29.1 Å². The summed E-state index contributed by atoms with van der Waals surface area (Å²) >= 11 is 0. The van der Waals surface area contributed by atoms with Gasteiger partial charge < -0.3 is 25.0 Å². The average Bonchev–Trinajstić information content (AvgIpc) is 3.48. The Hall–Kier alpha value is -3.39. The van der Waals surface area contributed by atoms with E-state index in [4.69, 9.17) is 9.47 Å². The molecular weight excluding hydrogens is 434 g/mol. The van der Waals surface area contributed by atoms with Crippen LogP contribution in [-0.2, 0) is 19.1 Å². The standard InChI is InChI=1S/C26H31N3O5/c1-17-5-10-23(18(2)12-17)28-24(30)16-34-21-8-6-20(7-9-21)29-15-19(13-25(29)31)26(32)27-14-22-4-3-11-33-22/h5-10,12,19,22H,3-4,11,13-16H2,1-2H3,(H,27,32)(H,28,30)/t19-,22-/m1/s1. The maximum absolute atomic E-state index is 12.5. The zero-order chi connectivity index (χ0) is 24.1. The number of ether oxygens (including phenoxy) is 2. The number of nitrogens with zero attached hydrogens (tertiary/aromatic N) is 1. The first kappa shape index (κ1) is 23.8. The Balaban J connectivity index is 1.26. The summed E-state index contributed by atoms with van der Waals surface area (Å²) in [6.45, 7) is 5.40. The molecule has 8 heteroatoms. The van der Waals surface area contributed by atoms with Crippen molar-refractivity contribution < 1.29 is 23.9 Å². The highest BCUT2D eigenvalue weighted by Gasteiger charge is 2.35. The van der Waals surface area contributed by atoms with Crippen LogP contribution in [0.25, 0.3) is 0 Å². The van der Waals surface area contributed by atoms with E-state index in [1.54, 1.807) is 29.2 Å². The second-order valence-electron chi connectivity index (χ2n) is 8.93. The van der Waals surface area contributed by atoms with Crippen LogP contribution >= 0.6 is 0 Å². The zero-order valence-corrected chi connectivity index (χ0v) is 19.6. The Labute approximate surface area is 199 Å².